The Hall–Kier alpha value is -2.33. The molecule has 0 bridgehead atoms. The van der Waals surface area contributed by atoms with Crippen LogP contribution in [0.4, 0.5) is 11.4 Å². The molecule has 0 saturated heterocycles. The van der Waals surface area contributed by atoms with E-state index in [0.717, 1.165) is 16.8 Å². The zero-order valence-electron chi connectivity index (χ0n) is 15.9. The van der Waals surface area contributed by atoms with Gasteiger partial charge in [0.2, 0.25) is 11.8 Å². The summed E-state index contributed by atoms with van der Waals surface area (Å²) in [7, 11) is 0. The van der Waals surface area contributed by atoms with Crippen LogP contribution in [-0.4, -0.2) is 18.4 Å². The van der Waals surface area contributed by atoms with Crippen LogP contribution in [0, 0.1) is 6.92 Å². The Balaban J connectivity index is 2.29. The Morgan fingerprint density at radius 3 is 2.35 bits per heavy atom. The second kappa shape index (κ2) is 7.92. The molecule has 0 aliphatic rings. The number of anilines is 2. The van der Waals surface area contributed by atoms with Gasteiger partial charge in [-0.15, -0.1) is 0 Å². The zero-order valence-corrected chi connectivity index (χ0v) is 16.6. The number of halogens is 1. The van der Waals surface area contributed by atoms with Gasteiger partial charge in [0, 0.05) is 23.3 Å². The summed E-state index contributed by atoms with van der Waals surface area (Å²) in [6, 6.07) is 13.0. The topological polar surface area (TPSA) is 49.4 Å². The molecular weight excluding hydrogens is 348 g/mol. The molecule has 4 nitrogen and oxygen atoms in total. The lowest BCUT2D eigenvalue weighted by molar-refractivity contribution is -0.120. The van der Waals surface area contributed by atoms with Crippen molar-refractivity contribution in [3.8, 4) is 0 Å². The predicted molar refractivity (Wildman–Crippen MR) is 108 cm³/mol. The smallest absolute Gasteiger partial charge is 0.244 e. The first-order chi connectivity index (χ1) is 12.1. The van der Waals surface area contributed by atoms with Crippen molar-refractivity contribution in [2.45, 2.75) is 40.0 Å². The summed E-state index contributed by atoms with van der Waals surface area (Å²) in [5.41, 5.74) is 3.07. The van der Waals surface area contributed by atoms with Crippen LogP contribution in [0.15, 0.2) is 42.5 Å². The van der Waals surface area contributed by atoms with Crippen LogP contribution < -0.4 is 10.2 Å². The van der Waals surface area contributed by atoms with Crippen molar-refractivity contribution < 1.29 is 9.59 Å². The highest BCUT2D eigenvalue weighted by molar-refractivity contribution is 6.31. The molecule has 0 spiro atoms. The van der Waals surface area contributed by atoms with E-state index in [-0.39, 0.29) is 23.8 Å². The van der Waals surface area contributed by atoms with E-state index in [1.54, 1.807) is 18.2 Å². The molecule has 0 aliphatic carbocycles. The number of carbonyl (C=O) groups excluding carboxylic acids is 2. The maximum Gasteiger partial charge on any atom is 0.244 e. The van der Waals surface area contributed by atoms with Crippen LogP contribution >= 0.6 is 11.6 Å². The molecule has 0 radical (unpaired) electrons. The summed E-state index contributed by atoms with van der Waals surface area (Å²) in [5.74, 6) is -0.450. The van der Waals surface area contributed by atoms with Gasteiger partial charge in [-0.3, -0.25) is 9.59 Å². The van der Waals surface area contributed by atoms with Crippen molar-refractivity contribution in [2.24, 2.45) is 0 Å². The largest absolute Gasteiger partial charge is 0.324 e. The number of benzene rings is 2. The lowest BCUT2D eigenvalue weighted by Gasteiger charge is -2.29. The Kier molecular flexibility index (Phi) is 6.09. The van der Waals surface area contributed by atoms with Gasteiger partial charge < -0.3 is 10.2 Å². The number of para-hydroxylation sites is 1. The number of nitrogens with zero attached hydrogens (tertiary/aromatic N) is 1. The van der Waals surface area contributed by atoms with E-state index in [2.05, 4.69) is 26.1 Å². The minimum atomic E-state index is -0.269. The van der Waals surface area contributed by atoms with Crippen molar-refractivity contribution in [3.05, 3.63) is 58.6 Å². The lowest BCUT2D eigenvalue weighted by atomic mass is 9.85. The highest BCUT2D eigenvalue weighted by Crippen LogP contribution is 2.32. The molecule has 0 fully saturated rings. The molecule has 0 aromatic heterocycles. The van der Waals surface area contributed by atoms with Gasteiger partial charge in [-0.25, -0.2) is 0 Å². The molecule has 26 heavy (non-hydrogen) atoms. The molecule has 2 aromatic carbocycles. The fraction of sp³-hybridized carbons (Fsp3) is 0.333. The molecule has 2 amide bonds. The minimum absolute atomic E-state index is 0.0611. The van der Waals surface area contributed by atoms with Gasteiger partial charge >= 0.3 is 0 Å². The summed E-state index contributed by atoms with van der Waals surface area (Å²) >= 11 is 6.10. The number of nitrogens with one attached hydrogen (secondary N) is 1. The fourth-order valence-corrected chi connectivity index (χ4v) is 2.96. The number of rotatable bonds is 4. The fourth-order valence-electron chi connectivity index (χ4n) is 2.79. The summed E-state index contributed by atoms with van der Waals surface area (Å²) < 4.78 is 0. The zero-order chi connectivity index (χ0) is 19.5. The SMILES string of the molecule is CC(=O)N(CC(=O)Nc1cccc(Cl)c1C)c1ccccc1C(C)(C)C. The van der Waals surface area contributed by atoms with Crippen LogP contribution in [0.2, 0.25) is 5.02 Å². The third kappa shape index (κ3) is 4.64. The van der Waals surface area contributed by atoms with E-state index < -0.39 is 0 Å². The van der Waals surface area contributed by atoms with E-state index in [1.807, 2.05) is 31.2 Å². The van der Waals surface area contributed by atoms with Crippen LogP contribution in [0.3, 0.4) is 0 Å². The highest BCUT2D eigenvalue weighted by atomic mass is 35.5. The molecule has 0 saturated carbocycles. The molecule has 2 rings (SSSR count). The van der Waals surface area contributed by atoms with Crippen molar-refractivity contribution in [1.82, 2.24) is 0 Å². The van der Waals surface area contributed by atoms with E-state index in [1.165, 1.54) is 11.8 Å². The molecule has 138 valence electrons. The maximum atomic E-state index is 12.6. The van der Waals surface area contributed by atoms with Crippen LogP contribution in [0.25, 0.3) is 0 Å². The molecule has 0 heterocycles. The average Bonchev–Trinajstić information content (AvgIpc) is 2.56. The second-order valence-corrected chi connectivity index (χ2v) is 7.74. The summed E-state index contributed by atoms with van der Waals surface area (Å²) in [4.78, 5) is 26.3. The van der Waals surface area contributed by atoms with Gasteiger partial charge in [-0.2, -0.15) is 0 Å². The first kappa shape index (κ1) is 20.0. The van der Waals surface area contributed by atoms with E-state index >= 15 is 0 Å². The monoisotopic (exact) mass is 372 g/mol. The minimum Gasteiger partial charge on any atom is -0.324 e. The van der Waals surface area contributed by atoms with Gasteiger partial charge in [0.1, 0.15) is 6.54 Å². The van der Waals surface area contributed by atoms with Crippen molar-refractivity contribution in [2.75, 3.05) is 16.8 Å². The van der Waals surface area contributed by atoms with E-state index in [9.17, 15) is 9.59 Å². The highest BCUT2D eigenvalue weighted by Gasteiger charge is 2.24. The molecular formula is C21H25ClN2O2. The third-order valence-electron chi connectivity index (χ3n) is 4.23. The normalized spacial score (nSPS) is 11.2. The number of hydrogen-bond donors (Lipinski definition) is 1. The van der Waals surface area contributed by atoms with Gasteiger partial charge in [0.25, 0.3) is 0 Å². The van der Waals surface area contributed by atoms with Gasteiger partial charge in [-0.05, 0) is 41.7 Å². The molecule has 0 aliphatic heterocycles. The van der Waals surface area contributed by atoms with Crippen LogP contribution in [0.1, 0.15) is 38.8 Å². The first-order valence-electron chi connectivity index (χ1n) is 8.54. The number of amides is 2. The number of hydrogen-bond acceptors (Lipinski definition) is 2. The molecule has 5 heteroatoms. The van der Waals surface area contributed by atoms with Crippen LogP contribution in [0.5, 0.6) is 0 Å². The van der Waals surface area contributed by atoms with Crippen molar-refractivity contribution >= 4 is 34.8 Å². The Morgan fingerprint density at radius 1 is 1.08 bits per heavy atom. The van der Waals surface area contributed by atoms with E-state index in [4.69, 9.17) is 11.6 Å². The number of carbonyl (C=O) groups is 2. The predicted octanol–water partition coefficient (Wildman–Crippen LogP) is 4.94. The van der Waals surface area contributed by atoms with Crippen LogP contribution in [-0.2, 0) is 15.0 Å². The first-order valence-corrected chi connectivity index (χ1v) is 8.91. The molecule has 0 unspecified atom stereocenters. The van der Waals surface area contributed by atoms with Gasteiger partial charge in [0.15, 0.2) is 0 Å². The summed E-state index contributed by atoms with van der Waals surface area (Å²) in [6.45, 7) is 9.50. The quantitative estimate of drug-likeness (QED) is 0.826. The van der Waals surface area contributed by atoms with Crippen molar-refractivity contribution in [1.29, 1.82) is 0 Å². The van der Waals surface area contributed by atoms with E-state index in [0.29, 0.717) is 10.7 Å². The summed E-state index contributed by atoms with van der Waals surface area (Å²) in [5, 5.41) is 3.43. The Labute approximate surface area is 160 Å². The lowest BCUT2D eigenvalue weighted by Crippen LogP contribution is -2.38. The van der Waals surface area contributed by atoms with Crippen molar-refractivity contribution in [3.63, 3.8) is 0 Å². The van der Waals surface area contributed by atoms with Gasteiger partial charge in [-0.1, -0.05) is 56.6 Å². The average molecular weight is 373 g/mol. The molecule has 0 atom stereocenters. The Bertz CT molecular complexity index is 825. The standard InChI is InChI=1S/C21H25ClN2O2/c1-14-17(22)10-8-11-18(14)23-20(26)13-24(15(2)25)19-12-7-6-9-16(19)21(3,4)5/h6-12H,13H2,1-5H3,(H,23,26). The van der Waals surface area contributed by atoms with Gasteiger partial charge in [0.05, 0.1) is 0 Å². The molecule has 1 N–H and O–H groups in total. The maximum absolute atomic E-state index is 12.6. The Morgan fingerprint density at radius 2 is 1.73 bits per heavy atom. The second-order valence-electron chi connectivity index (χ2n) is 7.33. The summed E-state index contributed by atoms with van der Waals surface area (Å²) in [6.07, 6.45) is 0. The molecule has 2 aromatic rings. The third-order valence-corrected chi connectivity index (χ3v) is 4.64.